The molecule has 0 unspecified atom stereocenters. The van der Waals surface area contributed by atoms with Gasteiger partial charge in [0.05, 0.1) is 17.8 Å². The Morgan fingerprint density at radius 1 is 1.07 bits per heavy atom. The van der Waals surface area contributed by atoms with E-state index in [1.165, 1.54) is 24.2 Å². The molecule has 148 valence electrons. The molecule has 0 atom stereocenters. The van der Waals surface area contributed by atoms with Crippen molar-refractivity contribution in [3.63, 3.8) is 0 Å². The average molecular weight is 382 g/mol. The maximum absolute atomic E-state index is 12.6. The van der Waals surface area contributed by atoms with Crippen LogP contribution in [0.5, 0.6) is 0 Å². The van der Waals surface area contributed by atoms with Crippen LogP contribution in [0.2, 0.25) is 0 Å². The van der Waals surface area contributed by atoms with E-state index in [9.17, 15) is 14.4 Å². The number of nitrogens with one attached hydrogen (secondary N) is 1. The normalized spacial score (nSPS) is 32.6. The van der Waals surface area contributed by atoms with Crippen molar-refractivity contribution in [3.8, 4) is 0 Å². The minimum atomic E-state index is -0.360. The quantitative estimate of drug-likeness (QED) is 0.812. The molecule has 6 heteroatoms. The van der Waals surface area contributed by atoms with Crippen LogP contribution in [0.3, 0.4) is 0 Å². The smallest absolute Gasteiger partial charge is 0.306 e. The second-order valence-corrected chi connectivity index (χ2v) is 9.30. The summed E-state index contributed by atoms with van der Waals surface area (Å²) in [6.07, 6.45) is 7.86. The molecule has 4 bridgehead atoms. The number of para-hydroxylation sites is 2. The molecule has 4 aliphatic carbocycles. The van der Waals surface area contributed by atoms with E-state index in [1.54, 1.807) is 18.2 Å². The molecule has 0 spiro atoms. The fourth-order valence-electron chi connectivity index (χ4n) is 6.54. The zero-order valence-corrected chi connectivity index (χ0v) is 16.0. The van der Waals surface area contributed by atoms with Gasteiger partial charge in [-0.3, -0.25) is 19.3 Å². The molecule has 1 heterocycles. The lowest BCUT2D eigenvalue weighted by Crippen LogP contribution is -2.47. The monoisotopic (exact) mass is 382 g/mol. The van der Waals surface area contributed by atoms with Gasteiger partial charge in [0, 0.05) is 0 Å². The van der Waals surface area contributed by atoms with Crippen LogP contribution in [0.15, 0.2) is 24.3 Å². The minimum absolute atomic E-state index is 0.0532. The van der Waals surface area contributed by atoms with Crippen molar-refractivity contribution < 1.29 is 19.1 Å². The molecule has 1 aliphatic heterocycles. The number of amides is 2. The molecule has 1 aromatic rings. The van der Waals surface area contributed by atoms with E-state index in [-0.39, 0.29) is 36.4 Å². The number of hydrogen-bond donors (Lipinski definition) is 1. The molecule has 0 saturated heterocycles. The van der Waals surface area contributed by atoms with Gasteiger partial charge in [-0.15, -0.1) is 0 Å². The first-order valence-electron chi connectivity index (χ1n) is 10.3. The molecule has 4 saturated carbocycles. The zero-order chi connectivity index (χ0) is 19.3. The van der Waals surface area contributed by atoms with Crippen molar-refractivity contribution in [2.45, 2.75) is 44.9 Å². The first kappa shape index (κ1) is 17.7. The molecule has 1 aromatic carbocycles. The molecule has 2 amide bonds. The van der Waals surface area contributed by atoms with Crippen molar-refractivity contribution in [3.05, 3.63) is 24.3 Å². The number of hydrogen-bond acceptors (Lipinski definition) is 4. The molecular weight excluding hydrogens is 356 g/mol. The third kappa shape index (κ3) is 3.19. The molecule has 6 rings (SSSR count). The Labute approximate surface area is 164 Å². The van der Waals surface area contributed by atoms with Gasteiger partial charge in [-0.25, -0.2) is 0 Å². The van der Waals surface area contributed by atoms with E-state index < -0.39 is 0 Å². The highest BCUT2D eigenvalue weighted by Gasteiger charge is 2.51. The van der Waals surface area contributed by atoms with E-state index in [4.69, 9.17) is 4.74 Å². The summed E-state index contributed by atoms with van der Waals surface area (Å²) in [6.45, 7) is -0.366. The lowest BCUT2D eigenvalue weighted by molar-refractivity contribution is -0.155. The van der Waals surface area contributed by atoms with E-state index in [2.05, 4.69) is 5.32 Å². The molecule has 6 nitrogen and oxygen atoms in total. The van der Waals surface area contributed by atoms with Crippen molar-refractivity contribution >= 4 is 29.2 Å². The molecular formula is C22H26N2O4. The number of fused-ring (bicyclic) bond motifs is 1. The highest BCUT2D eigenvalue weighted by atomic mass is 16.5. The number of benzene rings is 1. The number of anilines is 2. The Hall–Kier alpha value is -2.37. The summed E-state index contributed by atoms with van der Waals surface area (Å²) in [6, 6.07) is 7.16. The molecule has 1 N–H and O–H groups in total. The molecule has 28 heavy (non-hydrogen) atoms. The second kappa shape index (κ2) is 6.61. The van der Waals surface area contributed by atoms with E-state index in [0.29, 0.717) is 17.8 Å². The molecule has 5 aliphatic rings. The highest BCUT2D eigenvalue weighted by Crippen LogP contribution is 2.61. The van der Waals surface area contributed by atoms with Crippen LogP contribution in [0.25, 0.3) is 0 Å². The molecule has 0 radical (unpaired) electrons. The van der Waals surface area contributed by atoms with Crippen molar-refractivity contribution in [2.75, 3.05) is 23.4 Å². The van der Waals surface area contributed by atoms with Crippen LogP contribution in [0, 0.1) is 23.2 Å². The number of ether oxygens (including phenoxy) is 1. The summed E-state index contributed by atoms with van der Waals surface area (Å²) >= 11 is 0. The third-order valence-electron chi connectivity index (χ3n) is 7.11. The summed E-state index contributed by atoms with van der Waals surface area (Å²) < 4.78 is 5.38. The predicted molar refractivity (Wildman–Crippen MR) is 104 cm³/mol. The van der Waals surface area contributed by atoms with Crippen LogP contribution >= 0.6 is 0 Å². The summed E-state index contributed by atoms with van der Waals surface area (Å²) in [7, 11) is 0. The Morgan fingerprint density at radius 2 is 1.71 bits per heavy atom. The fraction of sp³-hybridized carbons (Fsp3) is 0.591. The highest BCUT2D eigenvalue weighted by molar-refractivity contribution is 6.10. The van der Waals surface area contributed by atoms with Gasteiger partial charge in [0.15, 0.2) is 6.61 Å². The number of nitrogens with zero attached hydrogens (tertiary/aromatic N) is 1. The topological polar surface area (TPSA) is 75.7 Å². The SMILES string of the molecule is O=C1CN(C(=O)COC(=O)CC23CC4CC(CC(C4)C2)C3)c2ccccc2N1. The van der Waals surface area contributed by atoms with Gasteiger partial charge in [-0.2, -0.15) is 0 Å². The van der Waals surface area contributed by atoms with Gasteiger partial charge in [-0.05, 0) is 73.8 Å². The van der Waals surface area contributed by atoms with E-state index >= 15 is 0 Å². The van der Waals surface area contributed by atoms with Crippen LogP contribution < -0.4 is 10.2 Å². The van der Waals surface area contributed by atoms with Gasteiger partial charge in [0.2, 0.25) is 5.91 Å². The number of rotatable bonds is 4. The maximum Gasteiger partial charge on any atom is 0.306 e. The summed E-state index contributed by atoms with van der Waals surface area (Å²) in [4.78, 5) is 38.5. The number of esters is 1. The van der Waals surface area contributed by atoms with Gasteiger partial charge in [-0.1, -0.05) is 12.1 Å². The average Bonchev–Trinajstić information content (AvgIpc) is 2.64. The van der Waals surface area contributed by atoms with E-state index in [1.807, 2.05) is 6.07 Å². The lowest BCUT2D eigenvalue weighted by Gasteiger charge is -2.56. The minimum Gasteiger partial charge on any atom is -0.456 e. The summed E-state index contributed by atoms with van der Waals surface area (Å²) in [5.41, 5.74) is 1.35. The standard InChI is InChI=1S/C22H26N2O4/c25-19-12-24(18-4-2-1-3-17(18)23-19)20(26)13-28-21(27)11-22-8-14-5-15(9-22)7-16(6-14)10-22/h1-4,14-16H,5-13H2,(H,23,25). The van der Waals surface area contributed by atoms with Gasteiger partial charge in [0.25, 0.3) is 5.91 Å². The van der Waals surface area contributed by atoms with Crippen LogP contribution in [-0.4, -0.2) is 30.9 Å². The molecule has 4 fully saturated rings. The maximum atomic E-state index is 12.6. The Bertz CT molecular complexity index is 798. The Kier molecular flexibility index (Phi) is 4.18. The van der Waals surface area contributed by atoms with Crippen LogP contribution in [0.4, 0.5) is 11.4 Å². The largest absolute Gasteiger partial charge is 0.456 e. The lowest BCUT2D eigenvalue weighted by atomic mass is 9.49. The van der Waals surface area contributed by atoms with Gasteiger partial charge < -0.3 is 10.1 Å². The summed E-state index contributed by atoms with van der Waals surface area (Å²) in [5, 5.41) is 2.75. The summed E-state index contributed by atoms with van der Waals surface area (Å²) in [5.74, 6) is 1.47. The van der Waals surface area contributed by atoms with Gasteiger partial charge >= 0.3 is 5.97 Å². The van der Waals surface area contributed by atoms with E-state index in [0.717, 1.165) is 37.0 Å². The third-order valence-corrected chi connectivity index (χ3v) is 7.11. The Balaban J connectivity index is 1.21. The zero-order valence-electron chi connectivity index (χ0n) is 16.0. The van der Waals surface area contributed by atoms with Crippen molar-refractivity contribution in [2.24, 2.45) is 23.2 Å². The van der Waals surface area contributed by atoms with Crippen LogP contribution in [0.1, 0.15) is 44.9 Å². The molecule has 0 aromatic heterocycles. The number of carbonyl (C=O) groups is 3. The van der Waals surface area contributed by atoms with Crippen molar-refractivity contribution in [1.82, 2.24) is 0 Å². The predicted octanol–water partition coefficient (Wildman–Crippen LogP) is 3.12. The fourth-order valence-corrected chi connectivity index (χ4v) is 6.54. The van der Waals surface area contributed by atoms with Crippen LogP contribution in [-0.2, 0) is 19.1 Å². The first-order valence-corrected chi connectivity index (χ1v) is 10.3. The Morgan fingerprint density at radius 3 is 2.39 bits per heavy atom. The van der Waals surface area contributed by atoms with Crippen molar-refractivity contribution in [1.29, 1.82) is 0 Å². The second-order valence-electron chi connectivity index (χ2n) is 9.30. The number of carbonyl (C=O) groups excluding carboxylic acids is 3. The van der Waals surface area contributed by atoms with Gasteiger partial charge in [0.1, 0.15) is 6.54 Å². The first-order chi connectivity index (χ1) is 13.5.